The number of anilines is 1. The summed E-state index contributed by atoms with van der Waals surface area (Å²) in [6.07, 6.45) is 0.490. The normalized spacial score (nSPS) is 10.9. The first-order valence-corrected chi connectivity index (χ1v) is 6.15. The molecule has 0 fully saturated rings. The highest BCUT2D eigenvalue weighted by molar-refractivity contribution is 5.58. The maximum Gasteiger partial charge on any atom is 0.260 e. The molecule has 0 unspecified atom stereocenters. The third-order valence-electron chi connectivity index (χ3n) is 2.59. The van der Waals surface area contributed by atoms with Gasteiger partial charge >= 0.3 is 0 Å². The molecule has 0 aliphatic rings. The van der Waals surface area contributed by atoms with Crippen molar-refractivity contribution < 1.29 is 18.4 Å². The maximum atomic E-state index is 13.7. The smallest absolute Gasteiger partial charge is 0.260 e. The summed E-state index contributed by atoms with van der Waals surface area (Å²) in [5, 5.41) is 3.78. The number of hydrogen-bond donors (Lipinski definition) is 1. The quantitative estimate of drug-likeness (QED) is 0.614. The number of halogens is 1. The van der Waals surface area contributed by atoms with E-state index >= 15 is 0 Å². The summed E-state index contributed by atoms with van der Waals surface area (Å²) in [6, 6.07) is 4.31. The second-order valence-corrected chi connectivity index (χ2v) is 4.11. The molecule has 0 aliphatic carbocycles. The Kier molecular flexibility index (Phi) is 5.03. The van der Waals surface area contributed by atoms with Gasteiger partial charge in [0.25, 0.3) is 5.89 Å². The number of nitrogen functional groups attached to an aromatic ring is 1. The Morgan fingerprint density at radius 1 is 1.30 bits per heavy atom. The fourth-order valence-corrected chi connectivity index (χ4v) is 1.58. The number of nitrogens with two attached hydrogens (primary N) is 1. The highest BCUT2D eigenvalue weighted by Crippen LogP contribution is 2.22. The van der Waals surface area contributed by atoms with Crippen LogP contribution in [-0.4, -0.2) is 37.1 Å². The van der Waals surface area contributed by atoms with Crippen LogP contribution in [0.5, 0.6) is 0 Å². The molecule has 7 heteroatoms. The van der Waals surface area contributed by atoms with Crippen LogP contribution in [0.3, 0.4) is 0 Å². The van der Waals surface area contributed by atoms with Crippen molar-refractivity contribution in [1.29, 1.82) is 0 Å². The number of methoxy groups -OCH3 is 1. The van der Waals surface area contributed by atoms with Gasteiger partial charge in [-0.2, -0.15) is 4.98 Å². The SMILES string of the molecule is COCCOCCc1noc(-c2ccc(N)cc2F)n1. The Hall–Kier alpha value is -1.99. The number of nitrogens with zero attached hydrogens (tertiary/aromatic N) is 2. The Morgan fingerprint density at radius 3 is 2.90 bits per heavy atom. The van der Waals surface area contributed by atoms with Gasteiger partial charge in [0.2, 0.25) is 0 Å². The van der Waals surface area contributed by atoms with Crippen LogP contribution < -0.4 is 5.73 Å². The Morgan fingerprint density at radius 2 is 2.15 bits per heavy atom. The summed E-state index contributed by atoms with van der Waals surface area (Å²) in [6.45, 7) is 1.49. The molecule has 0 saturated heterocycles. The molecule has 2 rings (SSSR count). The lowest BCUT2D eigenvalue weighted by Crippen LogP contribution is -2.05. The van der Waals surface area contributed by atoms with E-state index < -0.39 is 5.82 Å². The molecule has 108 valence electrons. The van der Waals surface area contributed by atoms with Gasteiger partial charge in [0.05, 0.1) is 25.4 Å². The van der Waals surface area contributed by atoms with Gasteiger partial charge in [-0.1, -0.05) is 5.16 Å². The first kappa shape index (κ1) is 14.4. The zero-order valence-corrected chi connectivity index (χ0v) is 11.1. The molecule has 0 atom stereocenters. The minimum Gasteiger partial charge on any atom is -0.399 e. The van der Waals surface area contributed by atoms with Crippen molar-refractivity contribution in [2.24, 2.45) is 0 Å². The van der Waals surface area contributed by atoms with Crippen LogP contribution in [0, 0.1) is 5.82 Å². The molecule has 0 radical (unpaired) electrons. The standard InChI is InChI=1S/C13H16FN3O3/c1-18-6-7-19-5-4-12-16-13(20-17-12)10-3-2-9(15)8-11(10)14/h2-3,8H,4-7,15H2,1H3. The zero-order chi connectivity index (χ0) is 14.4. The average Bonchev–Trinajstić information content (AvgIpc) is 2.87. The fourth-order valence-electron chi connectivity index (χ4n) is 1.58. The summed E-state index contributed by atoms with van der Waals surface area (Å²) >= 11 is 0. The Bertz CT molecular complexity index is 560. The topological polar surface area (TPSA) is 83.4 Å². The van der Waals surface area contributed by atoms with Crippen molar-refractivity contribution in [1.82, 2.24) is 10.1 Å². The lowest BCUT2D eigenvalue weighted by atomic mass is 10.2. The minimum absolute atomic E-state index is 0.134. The summed E-state index contributed by atoms with van der Waals surface area (Å²) in [5.41, 5.74) is 6.06. The summed E-state index contributed by atoms with van der Waals surface area (Å²) in [5.74, 6) is 0.111. The fraction of sp³-hybridized carbons (Fsp3) is 0.385. The van der Waals surface area contributed by atoms with Crippen molar-refractivity contribution in [2.45, 2.75) is 6.42 Å². The number of ether oxygens (including phenoxy) is 2. The number of aromatic nitrogens is 2. The molecule has 0 spiro atoms. The summed E-state index contributed by atoms with van der Waals surface area (Å²) in [4.78, 5) is 4.12. The van der Waals surface area contributed by atoms with Crippen molar-refractivity contribution in [3.05, 3.63) is 29.8 Å². The predicted molar refractivity (Wildman–Crippen MR) is 70.5 cm³/mol. The summed E-state index contributed by atoms with van der Waals surface area (Å²) < 4.78 is 28.9. The van der Waals surface area contributed by atoms with Crippen LogP contribution in [0.2, 0.25) is 0 Å². The van der Waals surface area contributed by atoms with E-state index in [4.69, 9.17) is 19.7 Å². The van der Waals surface area contributed by atoms with Gasteiger partial charge in [0, 0.05) is 19.2 Å². The van der Waals surface area contributed by atoms with Crippen molar-refractivity contribution >= 4 is 5.69 Å². The Labute approximate surface area is 115 Å². The lowest BCUT2D eigenvalue weighted by Gasteiger charge is -2.00. The molecule has 1 aromatic heterocycles. The van der Waals surface area contributed by atoms with E-state index in [1.807, 2.05) is 0 Å². The van der Waals surface area contributed by atoms with Crippen molar-refractivity contribution in [3.8, 4) is 11.5 Å². The third kappa shape index (κ3) is 3.75. The Balaban J connectivity index is 1.95. The van der Waals surface area contributed by atoms with Gasteiger partial charge < -0.3 is 19.7 Å². The van der Waals surface area contributed by atoms with Crippen LogP contribution in [0.4, 0.5) is 10.1 Å². The monoisotopic (exact) mass is 281 g/mol. The first-order valence-electron chi connectivity index (χ1n) is 6.15. The number of hydrogen-bond acceptors (Lipinski definition) is 6. The molecule has 2 N–H and O–H groups in total. The zero-order valence-electron chi connectivity index (χ0n) is 11.1. The highest BCUT2D eigenvalue weighted by Gasteiger charge is 2.13. The molecular formula is C13H16FN3O3. The first-order chi connectivity index (χ1) is 9.70. The van der Waals surface area contributed by atoms with Crippen LogP contribution in [0.25, 0.3) is 11.5 Å². The number of rotatable bonds is 7. The van der Waals surface area contributed by atoms with Gasteiger partial charge in [0.1, 0.15) is 5.82 Å². The van der Waals surface area contributed by atoms with E-state index in [0.29, 0.717) is 37.8 Å². The molecule has 0 saturated carbocycles. The molecule has 6 nitrogen and oxygen atoms in total. The third-order valence-corrected chi connectivity index (χ3v) is 2.59. The van der Waals surface area contributed by atoms with Gasteiger partial charge in [-0.25, -0.2) is 4.39 Å². The van der Waals surface area contributed by atoms with Crippen LogP contribution in [0.1, 0.15) is 5.82 Å². The molecule has 1 aromatic carbocycles. The average molecular weight is 281 g/mol. The molecule has 0 bridgehead atoms. The van der Waals surface area contributed by atoms with E-state index in [1.54, 1.807) is 13.2 Å². The van der Waals surface area contributed by atoms with E-state index in [9.17, 15) is 4.39 Å². The van der Waals surface area contributed by atoms with Crippen molar-refractivity contribution in [2.75, 3.05) is 32.7 Å². The second kappa shape index (κ2) is 6.97. The molecule has 0 aliphatic heterocycles. The number of benzene rings is 1. The van der Waals surface area contributed by atoms with Gasteiger partial charge in [0.15, 0.2) is 5.82 Å². The van der Waals surface area contributed by atoms with E-state index in [2.05, 4.69) is 10.1 Å². The summed E-state index contributed by atoms with van der Waals surface area (Å²) in [7, 11) is 1.61. The van der Waals surface area contributed by atoms with Crippen molar-refractivity contribution in [3.63, 3.8) is 0 Å². The predicted octanol–water partition coefficient (Wildman–Crippen LogP) is 1.66. The second-order valence-electron chi connectivity index (χ2n) is 4.11. The van der Waals surface area contributed by atoms with Crippen LogP contribution in [-0.2, 0) is 15.9 Å². The molecule has 2 aromatic rings. The van der Waals surface area contributed by atoms with Gasteiger partial charge in [-0.15, -0.1) is 0 Å². The lowest BCUT2D eigenvalue weighted by molar-refractivity contribution is 0.0714. The van der Waals surface area contributed by atoms with E-state index in [0.717, 1.165) is 0 Å². The highest BCUT2D eigenvalue weighted by atomic mass is 19.1. The molecular weight excluding hydrogens is 265 g/mol. The van der Waals surface area contributed by atoms with Crippen LogP contribution in [0.15, 0.2) is 22.7 Å². The molecule has 0 amide bonds. The maximum absolute atomic E-state index is 13.7. The van der Waals surface area contributed by atoms with Gasteiger partial charge in [-0.05, 0) is 18.2 Å². The van der Waals surface area contributed by atoms with E-state index in [-0.39, 0.29) is 11.5 Å². The van der Waals surface area contributed by atoms with E-state index in [1.165, 1.54) is 12.1 Å². The molecule has 20 heavy (non-hydrogen) atoms. The largest absolute Gasteiger partial charge is 0.399 e. The van der Waals surface area contributed by atoms with Crippen LogP contribution >= 0.6 is 0 Å². The molecule has 1 heterocycles. The minimum atomic E-state index is -0.489. The van der Waals surface area contributed by atoms with Gasteiger partial charge in [-0.3, -0.25) is 0 Å².